The van der Waals surface area contributed by atoms with Crippen LogP contribution >= 0.6 is 0 Å². The molecule has 0 saturated carbocycles. The quantitative estimate of drug-likeness (QED) is 0.925. The van der Waals surface area contributed by atoms with Crippen molar-refractivity contribution < 1.29 is 4.79 Å². The number of primary amides is 1. The lowest BCUT2D eigenvalue weighted by atomic mass is 10.2. The molecular weight excluding hydrogens is 278 g/mol. The molecule has 22 heavy (non-hydrogen) atoms. The maximum Gasteiger partial charge on any atom is 0.240 e. The number of aryl methyl sites for hydroxylation is 1. The second-order valence-electron chi connectivity index (χ2n) is 5.36. The molecule has 1 aliphatic heterocycles. The van der Waals surface area contributed by atoms with Crippen LogP contribution in [-0.4, -0.2) is 33.4 Å². The van der Waals surface area contributed by atoms with E-state index in [2.05, 4.69) is 15.0 Å². The molecule has 2 N–H and O–H groups in total. The fourth-order valence-electron chi connectivity index (χ4n) is 2.76. The summed E-state index contributed by atoms with van der Waals surface area (Å²) in [4.78, 5) is 27.1. The van der Waals surface area contributed by atoms with Gasteiger partial charge in [0.1, 0.15) is 17.6 Å². The van der Waals surface area contributed by atoms with Gasteiger partial charge in [-0.1, -0.05) is 13.0 Å². The van der Waals surface area contributed by atoms with Gasteiger partial charge in [-0.15, -0.1) is 0 Å². The van der Waals surface area contributed by atoms with Gasteiger partial charge in [-0.2, -0.15) is 0 Å². The summed E-state index contributed by atoms with van der Waals surface area (Å²) in [7, 11) is 0. The van der Waals surface area contributed by atoms with Crippen molar-refractivity contribution in [2.24, 2.45) is 5.73 Å². The molecule has 1 saturated heterocycles. The van der Waals surface area contributed by atoms with Crippen LogP contribution in [0.25, 0.3) is 11.5 Å². The Hall–Kier alpha value is -2.50. The molecule has 0 aliphatic carbocycles. The molecule has 6 heteroatoms. The van der Waals surface area contributed by atoms with Crippen LogP contribution in [0.4, 0.5) is 5.82 Å². The maximum absolute atomic E-state index is 11.6. The third-order valence-electron chi connectivity index (χ3n) is 3.90. The minimum atomic E-state index is -0.298. The highest BCUT2D eigenvalue weighted by Crippen LogP contribution is 2.26. The van der Waals surface area contributed by atoms with Crippen LogP contribution in [0.5, 0.6) is 0 Å². The van der Waals surface area contributed by atoms with Crippen LogP contribution in [-0.2, 0) is 11.2 Å². The van der Waals surface area contributed by atoms with E-state index in [-0.39, 0.29) is 11.9 Å². The molecule has 6 nitrogen and oxygen atoms in total. The van der Waals surface area contributed by atoms with E-state index in [0.29, 0.717) is 5.82 Å². The third-order valence-corrected chi connectivity index (χ3v) is 3.90. The molecule has 0 aromatic carbocycles. The normalized spacial score (nSPS) is 17.7. The number of amides is 1. The van der Waals surface area contributed by atoms with Crippen molar-refractivity contribution in [2.45, 2.75) is 32.2 Å². The van der Waals surface area contributed by atoms with E-state index in [9.17, 15) is 4.79 Å². The Balaban J connectivity index is 2.03. The van der Waals surface area contributed by atoms with Gasteiger partial charge < -0.3 is 10.6 Å². The topological polar surface area (TPSA) is 85.0 Å². The zero-order valence-corrected chi connectivity index (χ0v) is 12.6. The first-order valence-electron chi connectivity index (χ1n) is 7.54. The monoisotopic (exact) mass is 297 g/mol. The third kappa shape index (κ3) is 2.77. The minimum absolute atomic E-state index is 0.281. The molecule has 1 atom stereocenters. The summed E-state index contributed by atoms with van der Waals surface area (Å²) in [5.74, 6) is 1.05. The van der Waals surface area contributed by atoms with E-state index in [1.807, 2.05) is 36.1 Å². The second kappa shape index (κ2) is 6.09. The van der Waals surface area contributed by atoms with Gasteiger partial charge in [-0.3, -0.25) is 9.78 Å². The number of anilines is 1. The summed E-state index contributed by atoms with van der Waals surface area (Å²) < 4.78 is 0. The van der Waals surface area contributed by atoms with Crippen LogP contribution in [0.2, 0.25) is 0 Å². The van der Waals surface area contributed by atoms with Crippen LogP contribution in [0.1, 0.15) is 25.5 Å². The van der Waals surface area contributed by atoms with Crippen LogP contribution in [0.15, 0.2) is 30.5 Å². The molecule has 1 aliphatic rings. The number of carbonyl (C=O) groups is 1. The molecule has 3 rings (SSSR count). The highest BCUT2D eigenvalue weighted by Gasteiger charge is 2.30. The highest BCUT2D eigenvalue weighted by atomic mass is 16.1. The molecule has 0 spiro atoms. The predicted octanol–water partition coefficient (Wildman–Crippen LogP) is 1.56. The molecule has 3 heterocycles. The summed E-state index contributed by atoms with van der Waals surface area (Å²) in [5, 5.41) is 0. The van der Waals surface area contributed by atoms with Crippen molar-refractivity contribution in [1.29, 1.82) is 0 Å². The summed E-state index contributed by atoms with van der Waals surface area (Å²) in [6.45, 7) is 2.83. The van der Waals surface area contributed by atoms with Gasteiger partial charge in [0.15, 0.2) is 5.82 Å². The number of nitrogens with zero attached hydrogens (tertiary/aromatic N) is 4. The second-order valence-corrected chi connectivity index (χ2v) is 5.36. The van der Waals surface area contributed by atoms with Crippen molar-refractivity contribution in [2.75, 3.05) is 11.4 Å². The van der Waals surface area contributed by atoms with Crippen LogP contribution in [0.3, 0.4) is 0 Å². The lowest BCUT2D eigenvalue weighted by molar-refractivity contribution is -0.119. The molecular formula is C16H19N5O. The Bertz CT molecular complexity index is 673. The van der Waals surface area contributed by atoms with Crippen molar-refractivity contribution in [1.82, 2.24) is 15.0 Å². The highest BCUT2D eigenvalue weighted by molar-refractivity contribution is 5.84. The van der Waals surface area contributed by atoms with Crippen molar-refractivity contribution in [3.05, 3.63) is 36.2 Å². The lowest BCUT2D eigenvalue weighted by Crippen LogP contribution is -2.40. The average Bonchev–Trinajstić information content (AvgIpc) is 3.05. The van der Waals surface area contributed by atoms with E-state index >= 15 is 0 Å². The summed E-state index contributed by atoms with van der Waals surface area (Å²) in [5.41, 5.74) is 7.17. The van der Waals surface area contributed by atoms with Crippen molar-refractivity contribution in [3.63, 3.8) is 0 Å². The molecule has 114 valence electrons. The largest absolute Gasteiger partial charge is 0.368 e. The zero-order chi connectivity index (χ0) is 15.5. The Labute approximate surface area is 129 Å². The Morgan fingerprint density at radius 2 is 2.27 bits per heavy atom. The maximum atomic E-state index is 11.6. The van der Waals surface area contributed by atoms with E-state index in [1.54, 1.807) is 6.20 Å². The van der Waals surface area contributed by atoms with Gasteiger partial charge in [-0.25, -0.2) is 9.97 Å². The summed E-state index contributed by atoms with van der Waals surface area (Å²) in [6, 6.07) is 7.31. The Morgan fingerprint density at radius 1 is 1.41 bits per heavy atom. The van der Waals surface area contributed by atoms with E-state index in [4.69, 9.17) is 5.73 Å². The molecule has 1 amide bonds. The SMILES string of the molecule is CCc1cc(N2CCCC2C(N)=O)nc(-c2ccccn2)n1. The standard InChI is InChI=1S/C16H19N5O/c1-2-11-10-14(21-9-5-7-13(21)15(17)22)20-16(19-11)12-6-3-4-8-18-12/h3-4,6,8,10,13H,2,5,7,9H2,1H3,(H2,17,22). The van der Waals surface area contributed by atoms with Crippen molar-refractivity contribution in [3.8, 4) is 11.5 Å². The zero-order valence-electron chi connectivity index (χ0n) is 12.6. The first-order chi connectivity index (χ1) is 10.7. The lowest BCUT2D eigenvalue weighted by Gasteiger charge is -2.24. The number of pyridine rings is 1. The fourth-order valence-corrected chi connectivity index (χ4v) is 2.76. The fraction of sp³-hybridized carbons (Fsp3) is 0.375. The number of hydrogen-bond acceptors (Lipinski definition) is 5. The number of rotatable bonds is 4. The number of carbonyl (C=O) groups excluding carboxylic acids is 1. The first kappa shape index (κ1) is 14.4. The smallest absolute Gasteiger partial charge is 0.240 e. The molecule has 2 aromatic heterocycles. The molecule has 0 bridgehead atoms. The number of aromatic nitrogens is 3. The molecule has 1 unspecified atom stereocenters. The van der Waals surface area contributed by atoms with Crippen LogP contribution in [0, 0.1) is 0 Å². The average molecular weight is 297 g/mol. The predicted molar refractivity (Wildman–Crippen MR) is 84.2 cm³/mol. The van der Waals surface area contributed by atoms with Crippen molar-refractivity contribution >= 4 is 11.7 Å². The van der Waals surface area contributed by atoms with E-state index < -0.39 is 0 Å². The summed E-state index contributed by atoms with van der Waals surface area (Å²) in [6.07, 6.45) is 4.24. The van der Waals surface area contributed by atoms with Gasteiger partial charge in [0.05, 0.1) is 0 Å². The van der Waals surface area contributed by atoms with Crippen LogP contribution < -0.4 is 10.6 Å². The summed E-state index contributed by atoms with van der Waals surface area (Å²) >= 11 is 0. The minimum Gasteiger partial charge on any atom is -0.368 e. The molecule has 0 radical (unpaired) electrons. The van der Waals surface area contributed by atoms with E-state index in [0.717, 1.165) is 43.0 Å². The van der Waals surface area contributed by atoms with E-state index in [1.165, 1.54) is 0 Å². The number of hydrogen-bond donors (Lipinski definition) is 1. The molecule has 1 fully saturated rings. The van der Waals surface area contributed by atoms with Gasteiger partial charge in [0, 0.05) is 24.5 Å². The first-order valence-corrected chi connectivity index (χ1v) is 7.54. The Morgan fingerprint density at radius 3 is 2.95 bits per heavy atom. The number of nitrogens with two attached hydrogens (primary N) is 1. The van der Waals surface area contributed by atoms with Gasteiger partial charge in [-0.05, 0) is 31.4 Å². The van der Waals surface area contributed by atoms with Gasteiger partial charge >= 0.3 is 0 Å². The van der Waals surface area contributed by atoms with Gasteiger partial charge in [0.25, 0.3) is 0 Å². The Kier molecular flexibility index (Phi) is 4.00. The van der Waals surface area contributed by atoms with Gasteiger partial charge in [0.2, 0.25) is 5.91 Å². The molecule has 2 aromatic rings.